The van der Waals surface area contributed by atoms with Gasteiger partial charge in [-0.15, -0.1) is 11.6 Å². The molecule has 2 aromatic carbocycles. The number of alkyl halides is 1. The first-order chi connectivity index (χ1) is 10.2. The van der Waals surface area contributed by atoms with Crippen molar-refractivity contribution in [3.05, 3.63) is 70.8 Å². The Labute approximate surface area is 128 Å². The molecular formula is C18H15ClO2. The normalized spacial score (nSPS) is 28.7. The molecule has 0 saturated carbocycles. The summed E-state index contributed by atoms with van der Waals surface area (Å²) < 4.78 is 5.65. The van der Waals surface area contributed by atoms with Gasteiger partial charge in [0.1, 0.15) is 6.10 Å². The Hall–Kier alpha value is -1.80. The fourth-order valence-corrected chi connectivity index (χ4v) is 4.42. The SMILES string of the molecule is CC(=O)O[C@H]1c2ccccc2[C@H]2c3ccccc3[C@@H]1[C@@H]2Cl. The van der Waals surface area contributed by atoms with Crippen LogP contribution < -0.4 is 0 Å². The first-order valence-electron chi connectivity index (χ1n) is 7.17. The highest BCUT2D eigenvalue weighted by Crippen LogP contribution is 2.59. The molecule has 2 bridgehead atoms. The molecule has 0 saturated heterocycles. The van der Waals surface area contributed by atoms with Gasteiger partial charge in [0.25, 0.3) is 0 Å². The number of carbonyl (C=O) groups excluding carboxylic acids is 1. The summed E-state index contributed by atoms with van der Waals surface area (Å²) in [5, 5.41) is -0.0679. The zero-order chi connectivity index (χ0) is 14.6. The van der Waals surface area contributed by atoms with E-state index in [0.717, 1.165) is 5.56 Å². The summed E-state index contributed by atoms with van der Waals surface area (Å²) in [7, 11) is 0. The molecule has 0 amide bonds. The predicted octanol–water partition coefficient (Wildman–Crippen LogP) is 4.14. The lowest BCUT2D eigenvalue weighted by molar-refractivity contribution is -0.148. The van der Waals surface area contributed by atoms with Crippen molar-refractivity contribution in [2.75, 3.05) is 0 Å². The van der Waals surface area contributed by atoms with Crippen LogP contribution in [0.3, 0.4) is 0 Å². The molecule has 0 unspecified atom stereocenters. The van der Waals surface area contributed by atoms with Gasteiger partial charge in [-0.3, -0.25) is 4.79 Å². The lowest BCUT2D eigenvalue weighted by atomic mass is 9.78. The third-order valence-electron chi connectivity index (χ3n) is 4.61. The number of hydrogen-bond donors (Lipinski definition) is 0. The Balaban J connectivity index is 1.97. The number of fused-ring (bicyclic) bond motifs is 7. The fourth-order valence-electron chi connectivity index (χ4n) is 3.88. The monoisotopic (exact) mass is 298 g/mol. The Kier molecular flexibility index (Phi) is 2.83. The minimum absolute atomic E-state index is 0.0340. The summed E-state index contributed by atoms with van der Waals surface area (Å²) in [5.41, 5.74) is 4.76. The number of rotatable bonds is 1. The maximum absolute atomic E-state index is 11.6. The van der Waals surface area contributed by atoms with Crippen molar-refractivity contribution in [1.29, 1.82) is 0 Å². The van der Waals surface area contributed by atoms with E-state index in [1.54, 1.807) is 0 Å². The number of esters is 1. The van der Waals surface area contributed by atoms with Gasteiger partial charge in [-0.05, 0) is 22.3 Å². The molecule has 2 aromatic rings. The van der Waals surface area contributed by atoms with Gasteiger partial charge < -0.3 is 4.74 Å². The maximum atomic E-state index is 11.6. The van der Waals surface area contributed by atoms with Gasteiger partial charge in [-0.25, -0.2) is 0 Å². The molecule has 2 aliphatic carbocycles. The van der Waals surface area contributed by atoms with Crippen LogP contribution >= 0.6 is 11.6 Å². The number of benzene rings is 2. The topological polar surface area (TPSA) is 26.3 Å². The Morgan fingerprint density at radius 1 is 0.952 bits per heavy atom. The molecule has 3 heteroatoms. The molecule has 21 heavy (non-hydrogen) atoms. The molecule has 0 aromatic heterocycles. The highest BCUT2D eigenvalue weighted by molar-refractivity contribution is 6.22. The second-order valence-electron chi connectivity index (χ2n) is 5.74. The van der Waals surface area contributed by atoms with Gasteiger partial charge >= 0.3 is 5.97 Å². The minimum atomic E-state index is -0.291. The van der Waals surface area contributed by atoms with E-state index in [4.69, 9.17) is 16.3 Å². The largest absolute Gasteiger partial charge is 0.457 e. The molecule has 0 aliphatic heterocycles. The highest BCUT2D eigenvalue weighted by atomic mass is 35.5. The molecule has 0 N–H and O–H groups in total. The van der Waals surface area contributed by atoms with Crippen molar-refractivity contribution in [3.8, 4) is 0 Å². The number of ether oxygens (including phenoxy) is 1. The first kappa shape index (κ1) is 12.9. The number of carbonyl (C=O) groups is 1. The van der Waals surface area contributed by atoms with Gasteiger partial charge in [0.2, 0.25) is 0 Å². The lowest BCUT2D eigenvalue weighted by Gasteiger charge is -2.35. The van der Waals surface area contributed by atoms with Crippen LogP contribution in [0.25, 0.3) is 0 Å². The summed E-state index contributed by atoms with van der Waals surface area (Å²) in [6, 6.07) is 16.5. The Morgan fingerprint density at radius 2 is 1.48 bits per heavy atom. The number of halogens is 1. The van der Waals surface area contributed by atoms with Crippen LogP contribution in [-0.4, -0.2) is 11.3 Å². The van der Waals surface area contributed by atoms with Crippen LogP contribution in [-0.2, 0) is 9.53 Å². The van der Waals surface area contributed by atoms with Gasteiger partial charge in [0.15, 0.2) is 0 Å². The van der Waals surface area contributed by atoms with E-state index in [9.17, 15) is 4.79 Å². The summed E-state index contributed by atoms with van der Waals surface area (Å²) in [4.78, 5) is 11.6. The zero-order valence-corrected chi connectivity index (χ0v) is 12.4. The Morgan fingerprint density at radius 3 is 2.10 bits per heavy atom. The third kappa shape index (κ3) is 1.75. The first-order valence-corrected chi connectivity index (χ1v) is 7.61. The van der Waals surface area contributed by atoms with E-state index in [0.29, 0.717) is 0 Å². The van der Waals surface area contributed by atoms with E-state index >= 15 is 0 Å². The van der Waals surface area contributed by atoms with Crippen molar-refractivity contribution in [3.63, 3.8) is 0 Å². The molecule has 4 rings (SSSR count). The minimum Gasteiger partial charge on any atom is -0.457 e. The quantitative estimate of drug-likeness (QED) is 0.584. The lowest BCUT2D eigenvalue weighted by Crippen LogP contribution is -2.29. The Bertz CT molecular complexity index is 725. The third-order valence-corrected chi connectivity index (χ3v) is 5.13. The average Bonchev–Trinajstić information content (AvgIpc) is 2.69. The van der Waals surface area contributed by atoms with Crippen LogP contribution in [0, 0.1) is 0 Å². The smallest absolute Gasteiger partial charge is 0.303 e. The average molecular weight is 299 g/mol. The highest BCUT2D eigenvalue weighted by Gasteiger charge is 2.50. The molecule has 0 fully saturated rings. The molecule has 106 valence electrons. The summed E-state index contributed by atoms with van der Waals surface area (Å²) in [6.45, 7) is 1.46. The van der Waals surface area contributed by atoms with E-state index < -0.39 is 0 Å². The van der Waals surface area contributed by atoms with Crippen molar-refractivity contribution in [2.45, 2.75) is 30.2 Å². The van der Waals surface area contributed by atoms with E-state index in [2.05, 4.69) is 24.3 Å². The van der Waals surface area contributed by atoms with Gasteiger partial charge in [-0.2, -0.15) is 0 Å². The molecule has 2 nitrogen and oxygen atoms in total. The standard InChI is InChI=1S/C18H15ClO2/c1-10(20)21-18-14-9-5-4-8-13(14)15-11-6-2-3-7-12(11)16(18)17(15)19/h2-9,15-18H,1H3/t15-,16-,17-,18+/m1/s1. The van der Waals surface area contributed by atoms with Crippen molar-refractivity contribution in [1.82, 2.24) is 0 Å². The van der Waals surface area contributed by atoms with Crippen molar-refractivity contribution < 1.29 is 9.53 Å². The second kappa shape index (κ2) is 4.60. The number of hydrogen-bond acceptors (Lipinski definition) is 2. The van der Waals surface area contributed by atoms with Crippen molar-refractivity contribution in [2.24, 2.45) is 0 Å². The van der Waals surface area contributed by atoms with Crippen LogP contribution in [0.1, 0.15) is 47.1 Å². The molecule has 4 atom stereocenters. The van der Waals surface area contributed by atoms with Gasteiger partial charge in [0.05, 0.1) is 5.38 Å². The summed E-state index contributed by atoms with van der Waals surface area (Å²) in [5.74, 6) is -0.0379. The van der Waals surface area contributed by atoms with E-state index in [1.165, 1.54) is 23.6 Å². The van der Waals surface area contributed by atoms with Gasteiger partial charge in [0, 0.05) is 18.8 Å². The maximum Gasteiger partial charge on any atom is 0.303 e. The molecule has 0 radical (unpaired) electrons. The summed E-state index contributed by atoms with van der Waals surface area (Å²) in [6.07, 6.45) is -0.291. The second-order valence-corrected chi connectivity index (χ2v) is 6.24. The van der Waals surface area contributed by atoms with E-state index in [1.807, 2.05) is 24.3 Å². The zero-order valence-electron chi connectivity index (χ0n) is 11.6. The van der Waals surface area contributed by atoms with Crippen LogP contribution in [0.2, 0.25) is 0 Å². The van der Waals surface area contributed by atoms with Crippen molar-refractivity contribution >= 4 is 17.6 Å². The van der Waals surface area contributed by atoms with Crippen LogP contribution in [0.15, 0.2) is 48.5 Å². The van der Waals surface area contributed by atoms with Crippen LogP contribution in [0.5, 0.6) is 0 Å². The molecule has 0 heterocycles. The predicted molar refractivity (Wildman–Crippen MR) is 81.6 cm³/mol. The summed E-state index contributed by atoms with van der Waals surface area (Å²) >= 11 is 6.76. The van der Waals surface area contributed by atoms with Crippen LogP contribution in [0.4, 0.5) is 0 Å². The van der Waals surface area contributed by atoms with Gasteiger partial charge in [-0.1, -0.05) is 48.5 Å². The molecular weight excluding hydrogens is 284 g/mol. The molecule has 0 spiro atoms. The molecule has 2 aliphatic rings. The fraction of sp³-hybridized carbons (Fsp3) is 0.278. The van der Waals surface area contributed by atoms with E-state index in [-0.39, 0.29) is 29.3 Å².